The molecule has 0 amide bonds. The highest BCUT2D eigenvalue weighted by molar-refractivity contribution is 7.89. The first kappa shape index (κ1) is 30.4. The quantitative estimate of drug-likeness (QED) is 0.275. The Kier molecular flexibility index (Phi) is 10.6. The molecule has 0 unspecified atom stereocenters. The summed E-state index contributed by atoms with van der Waals surface area (Å²) < 4.78 is 30.1. The number of halogens is 2. The molecular weight excluding hydrogens is 547 g/mol. The Morgan fingerprint density at radius 3 is 2.34 bits per heavy atom. The SMILES string of the molecule is Cc1ccc(S(=O)(=O)NCCNc2nc(N[C@H]3CC[C@H](N)CC3)nc3c2ncn3C2CCCC2)cc1.Cl.Cl. The second-order valence-electron chi connectivity index (χ2n) is 10.1. The summed E-state index contributed by atoms with van der Waals surface area (Å²) in [5.74, 6) is 1.19. The molecule has 38 heavy (non-hydrogen) atoms. The van der Waals surface area contributed by atoms with Crippen LogP contribution in [-0.2, 0) is 10.0 Å². The molecule has 0 bridgehead atoms. The average Bonchev–Trinajstić information content (AvgIpc) is 3.53. The van der Waals surface area contributed by atoms with Crippen LogP contribution in [0.15, 0.2) is 35.5 Å². The monoisotopic (exact) mass is 584 g/mol. The molecule has 0 atom stereocenters. The molecule has 0 radical (unpaired) electrons. The van der Waals surface area contributed by atoms with Crippen LogP contribution in [0.2, 0.25) is 0 Å². The number of hydrogen-bond acceptors (Lipinski definition) is 8. The largest absolute Gasteiger partial charge is 0.367 e. The fraction of sp³-hybridized carbons (Fsp3) is 0.560. The summed E-state index contributed by atoms with van der Waals surface area (Å²) in [6, 6.07) is 7.78. The van der Waals surface area contributed by atoms with E-state index in [-0.39, 0.29) is 42.3 Å². The molecule has 2 aliphatic carbocycles. The van der Waals surface area contributed by atoms with Gasteiger partial charge in [-0.1, -0.05) is 30.5 Å². The zero-order valence-electron chi connectivity index (χ0n) is 21.6. The number of aryl methyl sites for hydroxylation is 1. The van der Waals surface area contributed by atoms with Gasteiger partial charge in [-0.3, -0.25) is 0 Å². The van der Waals surface area contributed by atoms with Gasteiger partial charge >= 0.3 is 0 Å². The molecule has 0 saturated heterocycles. The molecule has 13 heteroatoms. The summed E-state index contributed by atoms with van der Waals surface area (Å²) in [6.45, 7) is 2.51. The molecule has 210 valence electrons. The summed E-state index contributed by atoms with van der Waals surface area (Å²) >= 11 is 0. The van der Waals surface area contributed by atoms with E-state index in [9.17, 15) is 8.42 Å². The number of benzene rings is 1. The second-order valence-corrected chi connectivity index (χ2v) is 11.8. The lowest BCUT2D eigenvalue weighted by molar-refractivity contribution is 0.410. The minimum absolute atomic E-state index is 0. The predicted octanol–water partition coefficient (Wildman–Crippen LogP) is 4.17. The first-order chi connectivity index (χ1) is 17.4. The van der Waals surface area contributed by atoms with Gasteiger partial charge in [0, 0.05) is 31.2 Å². The molecule has 10 nitrogen and oxygen atoms in total. The van der Waals surface area contributed by atoms with E-state index in [0.717, 1.165) is 49.7 Å². The van der Waals surface area contributed by atoms with Crippen molar-refractivity contribution >= 4 is 57.8 Å². The molecule has 5 N–H and O–H groups in total. The fourth-order valence-corrected chi connectivity index (χ4v) is 6.20. The summed E-state index contributed by atoms with van der Waals surface area (Å²) in [7, 11) is -3.58. The van der Waals surface area contributed by atoms with Crippen LogP contribution in [0.1, 0.15) is 63.0 Å². The molecule has 2 aliphatic rings. The van der Waals surface area contributed by atoms with Gasteiger partial charge in [-0.25, -0.2) is 18.1 Å². The van der Waals surface area contributed by atoms with Gasteiger partial charge in [0.05, 0.1) is 11.2 Å². The van der Waals surface area contributed by atoms with Gasteiger partial charge in [0.1, 0.15) is 0 Å². The highest BCUT2D eigenvalue weighted by Crippen LogP contribution is 2.33. The van der Waals surface area contributed by atoms with Crippen LogP contribution in [0.25, 0.3) is 11.2 Å². The van der Waals surface area contributed by atoms with Gasteiger partial charge in [-0.05, 0) is 57.6 Å². The number of nitrogens with two attached hydrogens (primary N) is 1. The third-order valence-electron chi connectivity index (χ3n) is 7.29. The van der Waals surface area contributed by atoms with Gasteiger partial charge in [0.25, 0.3) is 0 Å². The number of imidazole rings is 1. The second kappa shape index (κ2) is 13.3. The van der Waals surface area contributed by atoms with E-state index in [0.29, 0.717) is 35.9 Å². The van der Waals surface area contributed by atoms with Gasteiger partial charge in [0.15, 0.2) is 17.0 Å². The van der Waals surface area contributed by atoms with Gasteiger partial charge in [0.2, 0.25) is 16.0 Å². The number of nitrogens with zero attached hydrogens (tertiary/aromatic N) is 4. The summed E-state index contributed by atoms with van der Waals surface area (Å²) in [6.07, 6.45) is 10.5. The lowest BCUT2D eigenvalue weighted by Crippen LogP contribution is -2.33. The first-order valence-electron chi connectivity index (χ1n) is 13.0. The summed E-state index contributed by atoms with van der Waals surface area (Å²) in [5, 5.41) is 6.81. The Morgan fingerprint density at radius 1 is 0.974 bits per heavy atom. The minimum Gasteiger partial charge on any atom is -0.367 e. The maximum Gasteiger partial charge on any atom is 0.240 e. The Bertz CT molecular complexity index is 1290. The Labute approximate surface area is 236 Å². The van der Waals surface area contributed by atoms with Gasteiger partial charge < -0.3 is 20.9 Å². The van der Waals surface area contributed by atoms with E-state index in [2.05, 4.69) is 24.9 Å². The third-order valence-corrected chi connectivity index (χ3v) is 8.76. The van der Waals surface area contributed by atoms with Gasteiger partial charge in [-0.2, -0.15) is 9.97 Å². The Balaban J connectivity index is 0.00000200. The molecule has 0 aliphatic heterocycles. The Hall–Kier alpha value is -2.18. The molecule has 0 spiro atoms. The van der Waals surface area contributed by atoms with Crippen molar-refractivity contribution in [3.63, 3.8) is 0 Å². The fourth-order valence-electron chi connectivity index (χ4n) is 5.17. The van der Waals surface area contributed by atoms with E-state index >= 15 is 0 Å². The molecule has 2 fully saturated rings. The molecule has 2 heterocycles. The van der Waals surface area contributed by atoms with Crippen molar-refractivity contribution in [1.29, 1.82) is 0 Å². The zero-order valence-corrected chi connectivity index (χ0v) is 24.0. The standard InChI is InChI=1S/C25H36N8O2S.2ClH/c1-17-6-12-21(13-7-17)36(34,35)29-15-14-27-23-22-24(33(16-28-22)20-4-2-3-5-20)32-25(31-23)30-19-10-8-18(26)9-11-19;;/h6-7,12-13,16,18-20,29H,2-5,8-11,14-15,26H2,1H3,(H2,27,30,31,32);2*1H/t18-,19-;;. The molecule has 2 saturated carbocycles. The maximum atomic E-state index is 12.6. The molecular formula is C25H38Cl2N8O2S. The van der Waals surface area contributed by atoms with E-state index in [4.69, 9.17) is 15.7 Å². The molecule has 5 rings (SSSR count). The third kappa shape index (κ3) is 7.06. The first-order valence-corrected chi connectivity index (χ1v) is 14.4. The smallest absolute Gasteiger partial charge is 0.240 e. The number of fused-ring (bicyclic) bond motifs is 1. The van der Waals surface area contributed by atoms with E-state index in [1.54, 1.807) is 24.3 Å². The number of anilines is 2. The van der Waals surface area contributed by atoms with Crippen molar-refractivity contribution in [2.75, 3.05) is 23.7 Å². The minimum atomic E-state index is -3.58. The summed E-state index contributed by atoms with van der Waals surface area (Å²) in [4.78, 5) is 14.5. The predicted molar refractivity (Wildman–Crippen MR) is 156 cm³/mol. The maximum absolute atomic E-state index is 12.6. The van der Waals surface area contributed by atoms with Crippen molar-refractivity contribution < 1.29 is 8.42 Å². The topological polar surface area (TPSA) is 140 Å². The van der Waals surface area contributed by atoms with Crippen LogP contribution in [0, 0.1) is 6.92 Å². The molecule has 2 aromatic heterocycles. The molecule has 1 aromatic carbocycles. The van der Waals surface area contributed by atoms with E-state index in [1.165, 1.54) is 12.8 Å². The molecule has 3 aromatic rings. The van der Waals surface area contributed by atoms with E-state index in [1.807, 2.05) is 13.3 Å². The lowest BCUT2D eigenvalue weighted by atomic mass is 9.92. The number of aromatic nitrogens is 4. The van der Waals surface area contributed by atoms with Crippen molar-refractivity contribution in [3.8, 4) is 0 Å². The highest BCUT2D eigenvalue weighted by atomic mass is 35.5. The number of hydrogen-bond donors (Lipinski definition) is 4. The normalized spacial score (nSPS) is 20.1. The van der Waals surface area contributed by atoms with Crippen molar-refractivity contribution in [1.82, 2.24) is 24.2 Å². The van der Waals surface area contributed by atoms with Gasteiger partial charge in [-0.15, -0.1) is 24.8 Å². The van der Waals surface area contributed by atoms with E-state index < -0.39 is 10.0 Å². The average molecular weight is 586 g/mol. The lowest BCUT2D eigenvalue weighted by Gasteiger charge is -2.27. The number of sulfonamides is 1. The van der Waals surface area contributed by atoms with Crippen LogP contribution >= 0.6 is 24.8 Å². The van der Waals surface area contributed by atoms with Crippen molar-refractivity contribution in [2.45, 2.75) is 81.3 Å². The van der Waals surface area contributed by atoms with Crippen molar-refractivity contribution in [3.05, 3.63) is 36.2 Å². The number of rotatable bonds is 9. The summed E-state index contributed by atoms with van der Waals surface area (Å²) in [5.41, 5.74) is 8.61. The van der Waals surface area contributed by atoms with Crippen LogP contribution < -0.4 is 21.1 Å². The Morgan fingerprint density at radius 2 is 1.66 bits per heavy atom. The zero-order chi connectivity index (χ0) is 25.1. The number of nitrogens with one attached hydrogen (secondary N) is 3. The van der Waals surface area contributed by atoms with Crippen LogP contribution in [0.4, 0.5) is 11.8 Å². The highest BCUT2D eigenvalue weighted by Gasteiger charge is 2.24. The van der Waals surface area contributed by atoms with Crippen LogP contribution in [0.3, 0.4) is 0 Å². The van der Waals surface area contributed by atoms with Crippen LogP contribution in [-0.4, -0.2) is 53.1 Å². The van der Waals surface area contributed by atoms with Crippen LogP contribution in [0.5, 0.6) is 0 Å². The van der Waals surface area contributed by atoms with Crippen molar-refractivity contribution in [2.24, 2.45) is 5.73 Å².